The lowest BCUT2D eigenvalue weighted by Crippen LogP contribution is -2.40. The summed E-state index contributed by atoms with van der Waals surface area (Å²) < 4.78 is 6.02. The number of hydrogen-bond donors (Lipinski definition) is 1. The van der Waals surface area contributed by atoms with Crippen LogP contribution in [0.2, 0.25) is 0 Å². The van der Waals surface area contributed by atoms with Gasteiger partial charge >= 0.3 is 0 Å². The van der Waals surface area contributed by atoms with Crippen LogP contribution in [0.1, 0.15) is 59.3 Å². The third-order valence-electron chi connectivity index (χ3n) is 4.79. The molecule has 0 bridgehead atoms. The molecule has 0 spiro atoms. The minimum atomic E-state index is -0.326. The van der Waals surface area contributed by atoms with Gasteiger partial charge in [-0.15, -0.1) is 0 Å². The third-order valence-corrected chi connectivity index (χ3v) is 4.79. The number of hydrogen-bond acceptors (Lipinski definition) is 3. The maximum absolute atomic E-state index is 10.2. The van der Waals surface area contributed by atoms with Crippen LogP contribution in [0.5, 0.6) is 0 Å². The average Bonchev–Trinajstić information content (AvgIpc) is 2.35. The Kier molecular flexibility index (Phi) is 5.88. The molecule has 3 nitrogen and oxygen atoms in total. The molecule has 1 aliphatic carbocycles. The van der Waals surface area contributed by atoms with Crippen LogP contribution < -0.4 is 0 Å². The summed E-state index contributed by atoms with van der Waals surface area (Å²) in [5.41, 5.74) is 0.389. The highest BCUT2D eigenvalue weighted by atomic mass is 16.5. The molecular weight excluding hydrogens is 250 g/mol. The van der Waals surface area contributed by atoms with Gasteiger partial charge in [0.05, 0.1) is 18.8 Å². The normalized spacial score (nSPS) is 33.0. The van der Waals surface area contributed by atoms with Crippen LogP contribution in [0.15, 0.2) is 0 Å². The average molecular weight is 283 g/mol. The van der Waals surface area contributed by atoms with E-state index in [0.29, 0.717) is 18.1 Å². The summed E-state index contributed by atoms with van der Waals surface area (Å²) in [6.45, 7) is 10.6. The number of rotatable bonds is 5. The number of piperidine rings is 1. The topological polar surface area (TPSA) is 32.7 Å². The lowest BCUT2D eigenvalue weighted by Gasteiger charge is -2.39. The Labute approximate surface area is 124 Å². The van der Waals surface area contributed by atoms with Crippen molar-refractivity contribution in [3.8, 4) is 0 Å². The Morgan fingerprint density at radius 1 is 1.20 bits per heavy atom. The van der Waals surface area contributed by atoms with Crippen molar-refractivity contribution in [1.29, 1.82) is 0 Å². The maximum Gasteiger partial charge on any atom is 0.0900 e. The van der Waals surface area contributed by atoms with Gasteiger partial charge in [-0.25, -0.2) is 0 Å². The summed E-state index contributed by atoms with van der Waals surface area (Å²) in [5.74, 6) is 0.739. The lowest BCUT2D eigenvalue weighted by atomic mass is 9.71. The van der Waals surface area contributed by atoms with Gasteiger partial charge in [0.1, 0.15) is 0 Å². The fraction of sp³-hybridized carbons (Fsp3) is 1.00. The van der Waals surface area contributed by atoms with Gasteiger partial charge in [-0.05, 0) is 56.5 Å². The number of aliphatic hydroxyl groups excluding tert-OH is 1. The van der Waals surface area contributed by atoms with E-state index in [2.05, 4.69) is 25.7 Å². The molecule has 1 heterocycles. The SMILES string of the molecule is C[C@@H]1C[C@H](OC[C@H](O)CN2CCCCC2)CC(C)(C)C1. The van der Waals surface area contributed by atoms with Crippen molar-refractivity contribution in [1.82, 2.24) is 4.90 Å². The van der Waals surface area contributed by atoms with Crippen LogP contribution in [0, 0.1) is 11.3 Å². The molecule has 2 rings (SSSR count). The molecule has 0 amide bonds. The van der Waals surface area contributed by atoms with Crippen molar-refractivity contribution >= 4 is 0 Å². The van der Waals surface area contributed by atoms with Crippen molar-refractivity contribution in [3.63, 3.8) is 0 Å². The van der Waals surface area contributed by atoms with E-state index in [9.17, 15) is 5.11 Å². The first kappa shape index (κ1) is 16.3. The zero-order valence-electron chi connectivity index (χ0n) is 13.6. The maximum atomic E-state index is 10.2. The van der Waals surface area contributed by atoms with Gasteiger partial charge in [-0.2, -0.15) is 0 Å². The molecule has 0 aromatic heterocycles. The summed E-state index contributed by atoms with van der Waals surface area (Å²) >= 11 is 0. The van der Waals surface area contributed by atoms with Gasteiger partial charge in [0, 0.05) is 6.54 Å². The van der Waals surface area contributed by atoms with Crippen molar-refractivity contribution in [2.75, 3.05) is 26.2 Å². The first-order valence-electron chi connectivity index (χ1n) is 8.47. The van der Waals surface area contributed by atoms with E-state index in [1.54, 1.807) is 0 Å². The summed E-state index contributed by atoms with van der Waals surface area (Å²) in [4.78, 5) is 2.38. The number of ether oxygens (including phenoxy) is 1. The molecule has 2 fully saturated rings. The van der Waals surface area contributed by atoms with Crippen molar-refractivity contribution in [2.45, 2.75) is 71.5 Å². The highest BCUT2D eigenvalue weighted by Gasteiger charge is 2.32. The summed E-state index contributed by atoms with van der Waals surface area (Å²) in [6, 6.07) is 0. The van der Waals surface area contributed by atoms with E-state index >= 15 is 0 Å². The second kappa shape index (κ2) is 7.24. The van der Waals surface area contributed by atoms with Crippen LogP contribution in [-0.4, -0.2) is 48.5 Å². The fourth-order valence-corrected chi connectivity index (χ4v) is 4.13. The molecule has 0 aromatic rings. The number of β-amino-alcohol motifs (C(OH)–C–C–N with tert-alkyl or cyclic N) is 1. The number of nitrogens with zero attached hydrogens (tertiary/aromatic N) is 1. The molecule has 118 valence electrons. The van der Waals surface area contributed by atoms with E-state index in [0.717, 1.165) is 38.4 Å². The molecule has 0 unspecified atom stereocenters. The van der Waals surface area contributed by atoms with E-state index in [1.165, 1.54) is 25.7 Å². The molecular formula is C17H33NO2. The van der Waals surface area contributed by atoms with E-state index in [4.69, 9.17) is 4.74 Å². The predicted octanol–water partition coefficient (Wildman–Crippen LogP) is 3.06. The molecule has 3 atom stereocenters. The summed E-state index contributed by atoms with van der Waals surface area (Å²) in [5, 5.41) is 10.2. The lowest BCUT2D eigenvalue weighted by molar-refractivity contribution is -0.0621. The molecule has 1 saturated carbocycles. The van der Waals surface area contributed by atoms with Gasteiger partial charge in [0.25, 0.3) is 0 Å². The Balaban J connectivity index is 1.68. The van der Waals surface area contributed by atoms with E-state index < -0.39 is 0 Å². The molecule has 1 aliphatic heterocycles. The molecule has 1 N–H and O–H groups in total. The van der Waals surface area contributed by atoms with Crippen LogP contribution in [-0.2, 0) is 4.74 Å². The predicted molar refractivity (Wildman–Crippen MR) is 82.8 cm³/mol. The number of aliphatic hydroxyl groups is 1. The van der Waals surface area contributed by atoms with Gasteiger partial charge in [0.15, 0.2) is 0 Å². The fourth-order valence-electron chi connectivity index (χ4n) is 4.13. The molecule has 1 saturated heterocycles. The van der Waals surface area contributed by atoms with Crippen LogP contribution in [0.25, 0.3) is 0 Å². The largest absolute Gasteiger partial charge is 0.389 e. The van der Waals surface area contributed by atoms with E-state index in [-0.39, 0.29) is 6.10 Å². The van der Waals surface area contributed by atoms with Gasteiger partial charge in [-0.3, -0.25) is 0 Å². The Hall–Kier alpha value is -0.120. The summed E-state index contributed by atoms with van der Waals surface area (Å²) in [7, 11) is 0. The third kappa shape index (κ3) is 5.34. The Bertz CT molecular complexity index is 287. The molecule has 20 heavy (non-hydrogen) atoms. The molecule has 0 radical (unpaired) electrons. The minimum absolute atomic E-state index is 0.326. The zero-order chi connectivity index (χ0) is 14.6. The van der Waals surface area contributed by atoms with Crippen LogP contribution in [0.4, 0.5) is 0 Å². The van der Waals surface area contributed by atoms with Gasteiger partial charge in [-0.1, -0.05) is 27.2 Å². The monoisotopic (exact) mass is 283 g/mol. The first-order valence-corrected chi connectivity index (χ1v) is 8.47. The second-order valence-corrected chi connectivity index (χ2v) is 7.88. The second-order valence-electron chi connectivity index (χ2n) is 7.88. The highest BCUT2D eigenvalue weighted by molar-refractivity contribution is 4.83. The first-order chi connectivity index (χ1) is 9.44. The minimum Gasteiger partial charge on any atom is -0.389 e. The molecule has 2 aliphatic rings. The highest BCUT2D eigenvalue weighted by Crippen LogP contribution is 2.39. The quantitative estimate of drug-likeness (QED) is 0.841. The van der Waals surface area contributed by atoms with Crippen LogP contribution in [0.3, 0.4) is 0 Å². The zero-order valence-corrected chi connectivity index (χ0v) is 13.6. The standard InChI is InChI=1S/C17H33NO2/c1-14-9-16(11-17(2,3)10-14)20-13-15(19)12-18-7-5-4-6-8-18/h14-16,19H,4-13H2,1-3H3/t14-,15-,16+/m1/s1. The Morgan fingerprint density at radius 3 is 2.55 bits per heavy atom. The smallest absolute Gasteiger partial charge is 0.0900 e. The van der Waals surface area contributed by atoms with Crippen molar-refractivity contribution in [2.24, 2.45) is 11.3 Å². The van der Waals surface area contributed by atoms with Gasteiger partial charge < -0.3 is 14.7 Å². The van der Waals surface area contributed by atoms with E-state index in [1.807, 2.05) is 0 Å². The van der Waals surface area contributed by atoms with Crippen LogP contribution >= 0.6 is 0 Å². The Morgan fingerprint density at radius 2 is 1.90 bits per heavy atom. The number of likely N-dealkylation sites (tertiary alicyclic amines) is 1. The summed E-state index contributed by atoms with van der Waals surface area (Å²) in [6.07, 6.45) is 7.50. The van der Waals surface area contributed by atoms with Gasteiger partial charge in [0.2, 0.25) is 0 Å². The molecule has 3 heteroatoms. The van der Waals surface area contributed by atoms with Crippen molar-refractivity contribution < 1.29 is 9.84 Å². The molecule has 0 aromatic carbocycles. The van der Waals surface area contributed by atoms with Crippen molar-refractivity contribution in [3.05, 3.63) is 0 Å².